The van der Waals surface area contributed by atoms with E-state index < -0.39 is 0 Å². The minimum absolute atomic E-state index is 0.131. The number of hydrogen-bond acceptors (Lipinski definition) is 8. The van der Waals surface area contributed by atoms with Crippen LogP contribution in [0, 0.1) is 0 Å². The number of nitrogens with zero attached hydrogens (tertiary/aromatic N) is 3. The minimum atomic E-state index is -0.202. The summed E-state index contributed by atoms with van der Waals surface area (Å²) >= 11 is 1.21. The first-order chi connectivity index (χ1) is 14.5. The Balaban J connectivity index is 1.57. The molecule has 1 aromatic heterocycles. The standard InChI is InChI=1S/C20H23N5O4S/c1-27-15-7-4-13(5-8-15)10-18-23-24-20(25(18)21)30-12-19(26)22-14-6-9-16(28-2)17(11-14)29-3/h4-9,11H,10,12,21H2,1-3H3,(H,22,26). The molecule has 30 heavy (non-hydrogen) atoms. The van der Waals surface area contributed by atoms with E-state index in [1.54, 1.807) is 32.4 Å². The Hall–Kier alpha value is -3.40. The Morgan fingerprint density at radius 3 is 2.43 bits per heavy atom. The van der Waals surface area contributed by atoms with Gasteiger partial charge in [-0.2, -0.15) is 0 Å². The maximum Gasteiger partial charge on any atom is 0.234 e. The maximum atomic E-state index is 12.3. The molecule has 0 bridgehead atoms. The Morgan fingerprint density at radius 1 is 1.03 bits per heavy atom. The predicted octanol–water partition coefficient (Wildman–Crippen LogP) is 2.34. The number of amides is 1. The first-order valence-electron chi connectivity index (χ1n) is 9.01. The van der Waals surface area contributed by atoms with Crippen molar-refractivity contribution >= 4 is 23.4 Å². The third kappa shape index (κ3) is 5.15. The molecule has 0 fully saturated rings. The van der Waals surface area contributed by atoms with E-state index in [1.165, 1.54) is 23.5 Å². The second kappa shape index (κ2) is 9.88. The number of carbonyl (C=O) groups is 1. The van der Waals surface area contributed by atoms with Crippen molar-refractivity contribution in [3.8, 4) is 17.2 Å². The summed E-state index contributed by atoms with van der Waals surface area (Å²) in [6, 6.07) is 12.8. The molecule has 9 nitrogen and oxygen atoms in total. The van der Waals surface area contributed by atoms with Crippen LogP contribution in [-0.4, -0.2) is 47.9 Å². The van der Waals surface area contributed by atoms with Gasteiger partial charge < -0.3 is 25.4 Å². The smallest absolute Gasteiger partial charge is 0.234 e. The van der Waals surface area contributed by atoms with Crippen LogP contribution in [-0.2, 0) is 11.2 Å². The van der Waals surface area contributed by atoms with Crippen LogP contribution in [0.25, 0.3) is 0 Å². The van der Waals surface area contributed by atoms with E-state index in [-0.39, 0.29) is 11.7 Å². The summed E-state index contributed by atoms with van der Waals surface area (Å²) < 4.78 is 17.0. The molecule has 0 saturated heterocycles. The summed E-state index contributed by atoms with van der Waals surface area (Å²) in [6.07, 6.45) is 0.520. The topological polar surface area (TPSA) is 114 Å². The van der Waals surface area contributed by atoms with Gasteiger partial charge in [-0.1, -0.05) is 23.9 Å². The minimum Gasteiger partial charge on any atom is -0.497 e. The van der Waals surface area contributed by atoms with Gasteiger partial charge in [-0.15, -0.1) is 10.2 Å². The zero-order chi connectivity index (χ0) is 21.5. The summed E-state index contributed by atoms with van der Waals surface area (Å²) in [6.45, 7) is 0. The van der Waals surface area contributed by atoms with Gasteiger partial charge in [0.25, 0.3) is 0 Å². The van der Waals surface area contributed by atoms with Crippen LogP contribution < -0.4 is 25.4 Å². The zero-order valence-corrected chi connectivity index (χ0v) is 17.7. The molecule has 10 heteroatoms. The molecule has 0 atom stereocenters. The lowest BCUT2D eigenvalue weighted by atomic mass is 10.1. The molecule has 1 heterocycles. The first kappa shape index (κ1) is 21.3. The van der Waals surface area contributed by atoms with Crippen LogP contribution in [0.5, 0.6) is 17.2 Å². The molecule has 3 N–H and O–H groups in total. The molecule has 2 aromatic carbocycles. The van der Waals surface area contributed by atoms with Crippen molar-refractivity contribution in [2.24, 2.45) is 0 Å². The van der Waals surface area contributed by atoms with E-state index in [0.717, 1.165) is 11.3 Å². The molecule has 0 radical (unpaired) electrons. The Morgan fingerprint density at radius 2 is 1.77 bits per heavy atom. The SMILES string of the molecule is COc1ccc(Cc2nnc(SCC(=O)Nc3ccc(OC)c(OC)c3)n2N)cc1. The third-order valence-corrected chi connectivity index (χ3v) is 5.20. The largest absolute Gasteiger partial charge is 0.497 e. The number of carbonyl (C=O) groups excluding carboxylic acids is 1. The number of nitrogens with one attached hydrogen (secondary N) is 1. The number of nitrogens with two attached hydrogens (primary N) is 1. The van der Waals surface area contributed by atoms with E-state index in [1.807, 2.05) is 24.3 Å². The number of hydrogen-bond donors (Lipinski definition) is 2. The van der Waals surface area contributed by atoms with E-state index in [2.05, 4.69) is 15.5 Å². The highest BCUT2D eigenvalue weighted by Gasteiger charge is 2.14. The molecule has 3 rings (SSSR count). The highest BCUT2D eigenvalue weighted by molar-refractivity contribution is 7.99. The van der Waals surface area contributed by atoms with E-state index in [0.29, 0.717) is 34.6 Å². The van der Waals surface area contributed by atoms with E-state index in [9.17, 15) is 4.79 Å². The maximum absolute atomic E-state index is 12.3. The fraction of sp³-hybridized carbons (Fsp3) is 0.250. The summed E-state index contributed by atoms with van der Waals surface area (Å²) in [7, 11) is 4.71. The lowest BCUT2D eigenvalue weighted by Crippen LogP contribution is -2.17. The summed E-state index contributed by atoms with van der Waals surface area (Å²) in [5.74, 6) is 8.53. The van der Waals surface area contributed by atoms with Crippen molar-refractivity contribution in [1.29, 1.82) is 0 Å². The van der Waals surface area contributed by atoms with Crippen molar-refractivity contribution in [2.75, 3.05) is 38.2 Å². The highest BCUT2D eigenvalue weighted by Crippen LogP contribution is 2.29. The average Bonchev–Trinajstić information content (AvgIpc) is 3.11. The predicted molar refractivity (Wildman–Crippen MR) is 115 cm³/mol. The van der Waals surface area contributed by atoms with Crippen molar-refractivity contribution in [3.63, 3.8) is 0 Å². The molecule has 0 aliphatic heterocycles. The van der Waals surface area contributed by atoms with Crippen LogP contribution in [0.3, 0.4) is 0 Å². The van der Waals surface area contributed by atoms with Crippen molar-refractivity contribution in [1.82, 2.24) is 14.9 Å². The number of thioether (sulfide) groups is 1. The summed E-state index contributed by atoms with van der Waals surface area (Å²) in [5, 5.41) is 11.5. The number of benzene rings is 2. The fourth-order valence-corrected chi connectivity index (χ4v) is 3.37. The molecule has 0 saturated carbocycles. The molecule has 0 aliphatic carbocycles. The molecular weight excluding hydrogens is 406 g/mol. The highest BCUT2D eigenvalue weighted by atomic mass is 32.2. The number of aromatic nitrogens is 3. The van der Waals surface area contributed by atoms with Gasteiger partial charge in [0.2, 0.25) is 11.1 Å². The van der Waals surface area contributed by atoms with Crippen LogP contribution in [0.4, 0.5) is 5.69 Å². The van der Waals surface area contributed by atoms with Gasteiger partial charge in [-0.25, -0.2) is 4.68 Å². The summed E-state index contributed by atoms with van der Waals surface area (Å²) in [4.78, 5) is 12.3. The molecule has 158 valence electrons. The van der Waals surface area contributed by atoms with Gasteiger partial charge >= 0.3 is 0 Å². The van der Waals surface area contributed by atoms with Crippen molar-refractivity contribution in [3.05, 3.63) is 53.9 Å². The van der Waals surface area contributed by atoms with Crippen molar-refractivity contribution in [2.45, 2.75) is 11.6 Å². The van der Waals surface area contributed by atoms with Gasteiger partial charge in [0.05, 0.1) is 27.1 Å². The molecule has 0 spiro atoms. The van der Waals surface area contributed by atoms with Gasteiger partial charge in [0, 0.05) is 18.2 Å². The Labute approximate surface area is 178 Å². The lowest BCUT2D eigenvalue weighted by molar-refractivity contribution is -0.113. The zero-order valence-electron chi connectivity index (χ0n) is 16.9. The normalized spacial score (nSPS) is 10.5. The Bertz CT molecular complexity index is 1010. The van der Waals surface area contributed by atoms with Gasteiger partial charge in [-0.3, -0.25) is 4.79 Å². The third-order valence-electron chi connectivity index (χ3n) is 4.26. The first-order valence-corrected chi connectivity index (χ1v) is 9.99. The quantitative estimate of drug-likeness (QED) is 0.394. The second-order valence-corrected chi connectivity index (χ2v) is 7.14. The second-order valence-electron chi connectivity index (χ2n) is 6.20. The summed E-state index contributed by atoms with van der Waals surface area (Å²) in [5.41, 5.74) is 1.63. The number of methoxy groups -OCH3 is 3. The van der Waals surface area contributed by atoms with Crippen LogP contribution in [0.15, 0.2) is 47.6 Å². The fourth-order valence-electron chi connectivity index (χ4n) is 2.69. The number of ether oxygens (including phenoxy) is 3. The number of nitrogen functional groups attached to an aromatic ring is 1. The van der Waals surface area contributed by atoms with E-state index in [4.69, 9.17) is 20.1 Å². The average molecular weight is 430 g/mol. The van der Waals surface area contributed by atoms with Gasteiger partial charge in [0.15, 0.2) is 17.3 Å². The molecular formula is C20H23N5O4S. The monoisotopic (exact) mass is 429 g/mol. The lowest BCUT2D eigenvalue weighted by Gasteiger charge is -2.10. The Kier molecular flexibility index (Phi) is 7.02. The molecule has 1 amide bonds. The number of rotatable bonds is 9. The van der Waals surface area contributed by atoms with E-state index >= 15 is 0 Å². The molecule has 3 aromatic rings. The molecule has 0 unspecified atom stereocenters. The van der Waals surface area contributed by atoms with Crippen LogP contribution >= 0.6 is 11.8 Å². The van der Waals surface area contributed by atoms with Crippen LogP contribution in [0.2, 0.25) is 0 Å². The number of anilines is 1. The molecule has 0 aliphatic rings. The van der Waals surface area contributed by atoms with Gasteiger partial charge in [0.1, 0.15) is 5.75 Å². The van der Waals surface area contributed by atoms with Crippen LogP contribution in [0.1, 0.15) is 11.4 Å². The van der Waals surface area contributed by atoms with Gasteiger partial charge in [-0.05, 0) is 29.8 Å². The van der Waals surface area contributed by atoms with Crippen molar-refractivity contribution < 1.29 is 19.0 Å².